The van der Waals surface area contributed by atoms with E-state index in [-0.39, 0.29) is 5.91 Å². The minimum atomic E-state index is 0.0704. The van der Waals surface area contributed by atoms with E-state index in [1.807, 2.05) is 36.4 Å². The summed E-state index contributed by atoms with van der Waals surface area (Å²) < 4.78 is 2.38. The fourth-order valence-corrected chi connectivity index (χ4v) is 4.51. The molecule has 3 aromatic rings. The molecular weight excluding hydrogens is 358 g/mol. The van der Waals surface area contributed by atoms with Gasteiger partial charge in [-0.1, -0.05) is 74.6 Å². The summed E-state index contributed by atoms with van der Waals surface area (Å²) in [7, 11) is 0. The number of aromatic nitrogens is 2. The molecule has 1 heterocycles. The van der Waals surface area contributed by atoms with E-state index >= 15 is 0 Å². The molecule has 1 fully saturated rings. The molecule has 0 atom stereocenters. The lowest BCUT2D eigenvalue weighted by Crippen LogP contribution is -2.28. The Hall–Kier alpha value is -2.62. The maximum Gasteiger partial charge on any atom is 0.224 e. The average Bonchev–Trinajstić information content (AvgIpc) is 3.11. The van der Waals surface area contributed by atoms with Gasteiger partial charge in [-0.05, 0) is 30.0 Å². The van der Waals surface area contributed by atoms with Crippen LogP contribution in [0.15, 0.2) is 54.6 Å². The van der Waals surface area contributed by atoms with Crippen molar-refractivity contribution in [1.29, 1.82) is 0 Å². The summed E-state index contributed by atoms with van der Waals surface area (Å²) in [5.74, 6) is 2.01. The lowest BCUT2D eigenvalue weighted by molar-refractivity contribution is -0.120. The van der Waals surface area contributed by atoms with Gasteiger partial charge in [0.25, 0.3) is 0 Å². The number of aryl methyl sites for hydroxylation is 1. The zero-order valence-corrected chi connectivity index (χ0v) is 17.1. The first-order chi connectivity index (χ1) is 14.3. The van der Waals surface area contributed by atoms with Crippen molar-refractivity contribution in [2.24, 2.45) is 5.92 Å². The molecule has 0 radical (unpaired) electrons. The third kappa shape index (κ3) is 5.26. The summed E-state index contributed by atoms with van der Waals surface area (Å²) >= 11 is 0. The third-order valence-electron chi connectivity index (χ3n) is 6.10. The zero-order valence-electron chi connectivity index (χ0n) is 17.1. The van der Waals surface area contributed by atoms with Crippen LogP contribution in [-0.2, 0) is 24.2 Å². The molecule has 1 N–H and O–H groups in total. The van der Waals surface area contributed by atoms with Crippen molar-refractivity contribution in [3.05, 3.63) is 66.0 Å². The highest BCUT2D eigenvalue weighted by Gasteiger charge is 2.16. The maximum absolute atomic E-state index is 12.3. The normalized spacial score (nSPS) is 14.9. The Morgan fingerprint density at radius 3 is 2.59 bits per heavy atom. The van der Waals surface area contributed by atoms with Gasteiger partial charge in [0.05, 0.1) is 17.5 Å². The van der Waals surface area contributed by atoms with E-state index in [1.165, 1.54) is 44.0 Å². The molecule has 4 heteroatoms. The SMILES string of the molecule is O=C(Cc1ccccc1)NCCc1nc2ccccc2n1CCC1CCCCC1. The minimum Gasteiger partial charge on any atom is -0.355 e. The number of benzene rings is 2. The maximum atomic E-state index is 12.3. The topological polar surface area (TPSA) is 46.9 Å². The number of amides is 1. The summed E-state index contributed by atoms with van der Waals surface area (Å²) in [6, 6.07) is 18.3. The zero-order chi connectivity index (χ0) is 19.9. The van der Waals surface area contributed by atoms with Gasteiger partial charge in [0.2, 0.25) is 5.91 Å². The lowest BCUT2D eigenvalue weighted by atomic mass is 9.87. The predicted octanol–water partition coefficient (Wildman–Crippen LogP) is 4.91. The van der Waals surface area contributed by atoms with Gasteiger partial charge in [0, 0.05) is 19.5 Å². The number of imidazole rings is 1. The molecular formula is C25H31N3O. The van der Waals surface area contributed by atoms with Crippen LogP contribution in [0, 0.1) is 5.92 Å². The molecule has 152 valence electrons. The number of hydrogen-bond donors (Lipinski definition) is 1. The van der Waals surface area contributed by atoms with Crippen LogP contribution in [0.4, 0.5) is 0 Å². The van der Waals surface area contributed by atoms with Crippen molar-refractivity contribution >= 4 is 16.9 Å². The summed E-state index contributed by atoms with van der Waals surface area (Å²) in [6.45, 7) is 1.65. The van der Waals surface area contributed by atoms with Crippen LogP contribution < -0.4 is 5.32 Å². The summed E-state index contributed by atoms with van der Waals surface area (Å²) in [5.41, 5.74) is 3.32. The average molecular weight is 390 g/mol. The molecule has 0 saturated heterocycles. The smallest absolute Gasteiger partial charge is 0.224 e. The van der Waals surface area contributed by atoms with Crippen molar-refractivity contribution in [3.63, 3.8) is 0 Å². The van der Waals surface area contributed by atoms with E-state index in [0.29, 0.717) is 13.0 Å². The molecule has 1 amide bonds. The molecule has 4 nitrogen and oxygen atoms in total. The number of rotatable bonds is 8. The van der Waals surface area contributed by atoms with Gasteiger partial charge in [-0.15, -0.1) is 0 Å². The monoisotopic (exact) mass is 389 g/mol. The fourth-order valence-electron chi connectivity index (χ4n) is 4.51. The van der Waals surface area contributed by atoms with E-state index in [9.17, 15) is 4.79 Å². The Morgan fingerprint density at radius 2 is 1.76 bits per heavy atom. The molecule has 1 aliphatic carbocycles. The van der Waals surface area contributed by atoms with E-state index in [1.54, 1.807) is 0 Å². The van der Waals surface area contributed by atoms with Gasteiger partial charge in [-0.25, -0.2) is 4.98 Å². The quantitative estimate of drug-likeness (QED) is 0.595. The molecule has 2 aromatic carbocycles. The van der Waals surface area contributed by atoms with Gasteiger partial charge in [-0.2, -0.15) is 0 Å². The molecule has 29 heavy (non-hydrogen) atoms. The van der Waals surface area contributed by atoms with Gasteiger partial charge in [0.15, 0.2) is 0 Å². The number of nitrogens with one attached hydrogen (secondary N) is 1. The summed E-state index contributed by atoms with van der Waals surface area (Å²) in [6.07, 6.45) is 9.34. The number of nitrogens with zero attached hydrogens (tertiary/aromatic N) is 2. The molecule has 1 aromatic heterocycles. The highest BCUT2D eigenvalue weighted by Crippen LogP contribution is 2.27. The van der Waals surface area contributed by atoms with Gasteiger partial charge in [0.1, 0.15) is 5.82 Å². The predicted molar refractivity (Wildman–Crippen MR) is 118 cm³/mol. The second-order valence-electron chi connectivity index (χ2n) is 8.22. The molecule has 1 saturated carbocycles. The van der Waals surface area contributed by atoms with Crippen LogP contribution in [0.5, 0.6) is 0 Å². The Morgan fingerprint density at radius 1 is 1.00 bits per heavy atom. The Bertz CT molecular complexity index is 926. The second-order valence-corrected chi connectivity index (χ2v) is 8.22. The van der Waals surface area contributed by atoms with Gasteiger partial charge in [-0.3, -0.25) is 4.79 Å². The highest BCUT2D eigenvalue weighted by molar-refractivity contribution is 5.78. The van der Waals surface area contributed by atoms with Crippen LogP contribution >= 0.6 is 0 Å². The van der Waals surface area contributed by atoms with Crippen molar-refractivity contribution in [2.75, 3.05) is 6.54 Å². The van der Waals surface area contributed by atoms with Crippen molar-refractivity contribution in [1.82, 2.24) is 14.9 Å². The van der Waals surface area contributed by atoms with Crippen LogP contribution in [-0.4, -0.2) is 22.0 Å². The first kappa shape index (κ1) is 19.7. The number of fused-ring (bicyclic) bond motifs is 1. The Balaban J connectivity index is 1.37. The van der Waals surface area contributed by atoms with Crippen molar-refractivity contribution < 1.29 is 4.79 Å². The number of para-hydroxylation sites is 2. The second kappa shape index (κ2) is 9.73. The first-order valence-electron chi connectivity index (χ1n) is 11.0. The van der Waals surface area contributed by atoms with E-state index in [0.717, 1.165) is 35.8 Å². The number of carbonyl (C=O) groups excluding carboxylic acids is 1. The summed E-state index contributed by atoms with van der Waals surface area (Å²) in [4.78, 5) is 17.1. The van der Waals surface area contributed by atoms with E-state index < -0.39 is 0 Å². The molecule has 0 bridgehead atoms. The third-order valence-corrected chi connectivity index (χ3v) is 6.10. The number of carbonyl (C=O) groups is 1. The van der Waals surface area contributed by atoms with Crippen molar-refractivity contribution in [3.8, 4) is 0 Å². The van der Waals surface area contributed by atoms with Crippen molar-refractivity contribution in [2.45, 2.75) is 57.9 Å². The molecule has 4 rings (SSSR count). The van der Waals surface area contributed by atoms with Crippen LogP contribution in [0.25, 0.3) is 11.0 Å². The fraction of sp³-hybridized carbons (Fsp3) is 0.440. The van der Waals surface area contributed by atoms with Crippen LogP contribution in [0.1, 0.15) is 49.9 Å². The number of hydrogen-bond acceptors (Lipinski definition) is 2. The first-order valence-corrected chi connectivity index (χ1v) is 11.0. The Labute approximate surface area is 173 Å². The highest BCUT2D eigenvalue weighted by atomic mass is 16.1. The largest absolute Gasteiger partial charge is 0.355 e. The lowest BCUT2D eigenvalue weighted by Gasteiger charge is -2.22. The minimum absolute atomic E-state index is 0.0704. The van der Waals surface area contributed by atoms with Gasteiger partial charge >= 0.3 is 0 Å². The molecule has 0 spiro atoms. The molecule has 0 unspecified atom stereocenters. The Kier molecular flexibility index (Phi) is 6.60. The van der Waals surface area contributed by atoms with Gasteiger partial charge < -0.3 is 9.88 Å². The van der Waals surface area contributed by atoms with Crippen LogP contribution in [0.3, 0.4) is 0 Å². The van der Waals surface area contributed by atoms with E-state index in [4.69, 9.17) is 4.98 Å². The summed E-state index contributed by atoms with van der Waals surface area (Å²) in [5, 5.41) is 3.06. The van der Waals surface area contributed by atoms with E-state index in [2.05, 4.69) is 28.1 Å². The van der Waals surface area contributed by atoms with Crippen LogP contribution in [0.2, 0.25) is 0 Å². The standard InChI is InChI=1S/C25H31N3O/c29-25(19-21-11-5-2-6-12-21)26-17-15-24-27-22-13-7-8-14-23(22)28(24)18-16-20-9-3-1-4-10-20/h2,5-8,11-14,20H,1,3-4,9-10,15-19H2,(H,26,29). The molecule has 1 aliphatic rings. The molecule has 0 aliphatic heterocycles.